The lowest BCUT2D eigenvalue weighted by Gasteiger charge is -2.07. The second kappa shape index (κ2) is 7.16. The number of nitrogens with one attached hydrogen (secondary N) is 1. The summed E-state index contributed by atoms with van der Waals surface area (Å²) in [6.45, 7) is 1.85. The zero-order valence-corrected chi connectivity index (χ0v) is 12.0. The molecule has 2 rings (SSSR count). The summed E-state index contributed by atoms with van der Waals surface area (Å²) in [6.07, 6.45) is 1.43. The fourth-order valence-corrected chi connectivity index (χ4v) is 1.75. The highest BCUT2D eigenvalue weighted by Crippen LogP contribution is 2.10. The summed E-state index contributed by atoms with van der Waals surface area (Å²) >= 11 is 0. The number of anilines is 1. The number of benzene rings is 1. The zero-order chi connectivity index (χ0) is 15.9. The molecule has 1 aromatic carbocycles. The normalized spacial score (nSPS) is 10.0. The molecule has 114 valence electrons. The lowest BCUT2D eigenvalue weighted by atomic mass is 10.2. The van der Waals surface area contributed by atoms with Crippen molar-refractivity contribution < 1.29 is 14.3 Å². The van der Waals surface area contributed by atoms with E-state index >= 15 is 0 Å². The summed E-state index contributed by atoms with van der Waals surface area (Å²) < 4.78 is 5.93. The van der Waals surface area contributed by atoms with Crippen LogP contribution >= 0.6 is 0 Å². The van der Waals surface area contributed by atoms with Crippen molar-refractivity contribution in [3.05, 3.63) is 58.5 Å². The Morgan fingerprint density at radius 3 is 2.59 bits per heavy atom. The van der Waals surface area contributed by atoms with Gasteiger partial charge in [0, 0.05) is 18.0 Å². The van der Waals surface area contributed by atoms with E-state index in [4.69, 9.17) is 4.74 Å². The van der Waals surface area contributed by atoms with Gasteiger partial charge < -0.3 is 10.1 Å². The Kier molecular flexibility index (Phi) is 5.02. The van der Waals surface area contributed by atoms with Gasteiger partial charge in [0.1, 0.15) is 6.54 Å². The van der Waals surface area contributed by atoms with Crippen LogP contribution in [0.1, 0.15) is 17.3 Å². The SMILES string of the molecule is CCOC(=O)c1ccc(NC(=O)Cn2ncccc2=O)cc1. The number of carbonyl (C=O) groups is 2. The predicted molar refractivity (Wildman–Crippen MR) is 79.5 cm³/mol. The number of hydrogen-bond acceptors (Lipinski definition) is 5. The van der Waals surface area contributed by atoms with Gasteiger partial charge in [0.05, 0.1) is 12.2 Å². The molecule has 0 unspecified atom stereocenters. The first-order valence-corrected chi connectivity index (χ1v) is 6.69. The second-order valence-electron chi connectivity index (χ2n) is 4.37. The standard InChI is InChI=1S/C15H15N3O4/c1-2-22-15(21)11-5-7-12(8-6-11)17-13(19)10-18-14(20)4-3-9-16-18/h3-9H,2,10H2,1H3,(H,17,19). The Hall–Kier alpha value is -2.96. The minimum Gasteiger partial charge on any atom is -0.462 e. The summed E-state index contributed by atoms with van der Waals surface area (Å²) in [5.41, 5.74) is 0.568. The fraction of sp³-hybridized carbons (Fsp3) is 0.200. The summed E-state index contributed by atoms with van der Waals surface area (Å²) in [4.78, 5) is 34.8. The van der Waals surface area contributed by atoms with Crippen LogP contribution in [0, 0.1) is 0 Å². The Morgan fingerprint density at radius 1 is 1.23 bits per heavy atom. The number of amides is 1. The summed E-state index contributed by atoms with van der Waals surface area (Å²) in [5.74, 6) is -0.801. The van der Waals surface area contributed by atoms with Crippen LogP contribution in [0.5, 0.6) is 0 Å². The number of rotatable bonds is 5. The molecule has 1 amide bonds. The van der Waals surface area contributed by atoms with E-state index in [-0.39, 0.29) is 18.0 Å². The molecule has 0 saturated carbocycles. The molecule has 2 aromatic rings. The third-order valence-electron chi connectivity index (χ3n) is 2.76. The Labute approximate surface area is 126 Å². The van der Waals surface area contributed by atoms with E-state index in [0.717, 1.165) is 4.68 Å². The molecule has 22 heavy (non-hydrogen) atoms. The number of aromatic nitrogens is 2. The second-order valence-corrected chi connectivity index (χ2v) is 4.37. The van der Waals surface area contributed by atoms with Gasteiger partial charge in [-0.15, -0.1) is 0 Å². The van der Waals surface area contributed by atoms with Gasteiger partial charge >= 0.3 is 5.97 Å². The molecule has 0 atom stereocenters. The maximum atomic E-state index is 11.9. The monoisotopic (exact) mass is 301 g/mol. The van der Waals surface area contributed by atoms with E-state index in [1.165, 1.54) is 18.3 Å². The van der Waals surface area contributed by atoms with Gasteiger partial charge in [-0.05, 0) is 37.3 Å². The van der Waals surface area contributed by atoms with E-state index in [9.17, 15) is 14.4 Å². The molecule has 7 nitrogen and oxygen atoms in total. The minimum atomic E-state index is -0.416. The molecule has 0 fully saturated rings. The molecule has 0 aliphatic carbocycles. The third-order valence-corrected chi connectivity index (χ3v) is 2.76. The highest BCUT2D eigenvalue weighted by molar-refractivity contribution is 5.92. The third kappa shape index (κ3) is 4.02. The Bertz CT molecular complexity index is 722. The van der Waals surface area contributed by atoms with Gasteiger partial charge in [0.25, 0.3) is 5.56 Å². The first kappa shape index (κ1) is 15.4. The van der Waals surface area contributed by atoms with Crippen LogP contribution in [0.15, 0.2) is 47.4 Å². The predicted octanol–water partition coefficient (Wildman–Crippen LogP) is 1.06. The molecule has 1 heterocycles. The maximum Gasteiger partial charge on any atom is 0.338 e. The number of carbonyl (C=O) groups excluding carboxylic acids is 2. The fourth-order valence-electron chi connectivity index (χ4n) is 1.75. The Balaban J connectivity index is 1.99. The molecule has 1 N–H and O–H groups in total. The molecule has 0 spiro atoms. The van der Waals surface area contributed by atoms with Gasteiger partial charge in [0.2, 0.25) is 5.91 Å². The highest BCUT2D eigenvalue weighted by Gasteiger charge is 2.08. The average molecular weight is 301 g/mol. The number of ether oxygens (including phenoxy) is 1. The lowest BCUT2D eigenvalue weighted by Crippen LogP contribution is -2.28. The first-order valence-electron chi connectivity index (χ1n) is 6.69. The molecule has 0 saturated heterocycles. The van der Waals surface area contributed by atoms with Gasteiger partial charge in [0.15, 0.2) is 0 Å². The van der Waals surface area contributed by atoms with E-state index in [1.807, 2.05) is 0 Å². The topological polar surface area (TPSA) is 90.3 Å². The van der Waals surface area contributed by atoms with Gasteiger partial charge in [-0.2, -0.15) is 5.10 Å². The zero-order valence-electron chi connectivity index (χ0n) is 12.0. The quantitative estimate of drug-likeness (QED) is 0.834. The maximum absolute atomic E-state index is 11.9. The van der Waals surface area contributed by atoms with Crippen molar-refractivity contribution in [2.75, 3.05) is 11.9 Å². The van der Waals surface area contributed by atoms with Gasteiger partial charge in [-0.1, -0.05) is 0 Å². The van der Waals surface area contributed by atoms with Crippen LogP contribution in [0.4, 0.5) is 5.69 Å². The van der Waals surface area contributed by atoms with E-state index < -0.39 is 5.97 Å². The smallest absolute Gasteiger partial charge is 0.338 e. The van der Waals surface area contributed by atoms with Crippen molar-refractivity contribution in [1.29, 1.82) is 0 Å². The number of hydrogen-bond donors (Lipinski definition) is 1. The van der Waals surface area contributed by atoms with Gasteiger partial charge in [-0.25, -0.2) is 9.48 Å². The van der Waals surface area contributed by atoms with Gasteiger partial charge in [-0.3, -0.25) is 9.59 Å². The Morgan fingerprint density at radius 2 is 1.95 bits per heavy atom. The van der Waals surface area contributed by atoms with Crippen LogP contribution in [-0.2, 0) is 16.1 Å². The van der Waals surface area contributed by atoms with Crippen LogP contribution in [-0.4, -0.2) is 28.3 Å². The molecule has 0 aliphatic rings. The van der Waals surface area contributed by atoms with E-state index in [0.29, 0.717) is 17.9 Å². The van der Waals surface area contributed by atoms with E-state index in [1.54, 1.807) is 31.2 Å². The summed E-state index contributed by atoms with van der Waals surface area (Å²) in [5, 5.41) is 6.42. The van der Waals surface area contributed by atoms with Crippen molar-refractivity contribution in [1.82, 2.24) is 9.78 Å². The largest absolute Gasteiger partial charge is 0.462 e. The van der Waals surface area contributed by atoms with Crippen LogP contribution in [0.2, 0.25) is 0 Å². The van der Waals surface area contributed by atoms with Crippen LogP contribution < -0.4 is 10.9 Å². The van der Waals surface area contributed by atoms with Crippen molar-refractivity contribution in [3.63, 3.8) is 0 Å². The van der Waals surface area contributed by atoms with Crippen molar-refractivity contribution in [3.8, 4) is 0 Å². The molecule has 0 aliphatic heterocycles. The first-order chi connectivity index (χ1) is 10.6. The van der Waals surface area contributed by atoms with Crippen LogP contribution in [0.25, 0.3) is 0 Å². The number of esters is 1. The van der Waals surface area contributed by atoms with E-state index in [2.05, 4.69) is 10.4 Å². The lowest BCUT2D eigenvalue weighted by molar-refractivity contribution is -0.117. The molecule has 7 heteroatoms. The number of nitrogens with zero attached hydrogens (tertiary/aromatic N) is 2. The summed E-state index contributed by atoms with van der Waals surface area (Å²) in [7, 11) is 0. The molecular formula is C15H15N3O4. The summed E-state index contributed by atoms with van der Waals surface area (Å²) in [6, 6.07) is 9.12. The van der Waals surface area contributed by atoms with Crippen molar-refractivity contribution in [2.24, 2.45) is 0 Å². The van der Waals surface area contributed by atoms with Crippen molar-refractivity contribution in [2.45, 2.75) is 13.5 Å². The minimum absolute atomic E-state index is 0.181. The highest BCUT2D eigenvalue weighted by atomic mass is 16.5. The van der Waals surface area contributed by atoms with Crippen LogP contribution in [0.3, 0.4) is 0 Å². The molecular weight excluding hydrogens is 286 g/mol. The molecule has 1 aromatic heterocycles. The molecule has 0 bridgehead atoms. The van der Waals surface area contributed by atoms with Crippen molar-refractivity contribution >= 4 is 17.6 Å². The molecule has 0 radical (unpaired) electrons. The average Bonchev–Trinajstić information content (AvgIpc) is 2.50.